The van der Waals surface area contributed by atoms with Crippen LogP contribution in [0.15, 0.2) is 70.0 Å². The zero-order chi connectivity index (χ0) is 24.5. The number of nitrogens with zero attached hydrogens (tertiary/aromatic N) is 3. The van der Waals surface area contributed by atoms with E-state index in [4.69, 9.17) is 4.52 Å². The maximum Gasteiger partial charge on any atom is 0.573 e. The summed E-state index contributed by atoms with van der Waals surface area (Å²) < 4.78 is 47.7. The monoisotopic (exact) mass is 469 g/mol. The van der Waals surface area contributed by atoms with Gasteiger partial charge in [0.1, 0.15) is 11.3 Å². The highest BCUT2D eigenvalue weighted by Gasteiger charge is 2.31. The van der Waals surface area contributed by atoms with Crippen LogP contribution in [-0.4, -0.2) is 26.9 Å². The zero-order valence-corrected chi connectivity index (χ0v) is 18.1. The predicted octanol–water partition coefficient (Wildman–Crippen LogP) is 5.02. The molecule has 7 nitrogen and oxygen atoms in total. The minimum Gasteiger partial charge on any atom is -0.406 e. The Morgan fingerprint density at radius 2 is 1.82 bits per heavy atom. The van der Waals surface area contributed by atoms with Gasteiger partial charge in [0.15, 0.2) is 5.78 Å². The van der Waals surface area contributed by atoms with Crippen molar-refractivity contribution < 1.29 is 27.2 Å². The number of hydrogen-bond acceptors (Lipinski definition) is 6. The number of ether oxygens (including phenoxy) is 1. The van der Waals surface area contributed by atoms with Gasteiger partial charge < -0.3 is 13.8 Å². The molecule has 0 bridgehead atoms. The van der Waals surface area contributed by atoms with Gasteiger partial charge in [0.25, 0.3) is 11.4 Å². The Morgan fingerprint density at radius 3 is 2.50 bits per heavy atom. The summed E-state index contributed by atoms with van der Waals surface area (Å²) in [6, 6.07) is 15.3. The number of aryl methyl sites for hydroxylation is 1. The van der Waals surface area contributed by atoms with Gasteiger partial charge in [-0.15, -0.1) is 13.2 Å². The second-order valence-corrected chi connectivity index (χ2v) is 7.53. The van der Waals surface area contributed by atoms with Crippen LogP contribution in [0.3, 0.4) is 0 Å². The summed E-state index contributed by atoms with van der Waals surface area (Å²) in [5.41, 5.74) is 2.22. The Hall–Kier alpha value is -4.21. The average molecular weight is 469 g/mol. The Kier molecular flexibility index (Phi) is 6.06. The summed E-state index contributed by atoms with van der Waals surface area (Å²) in [4.78, 5) is 29.1. The van der Waals surface area contributed by atoms with Gasteiger partial charge in [-0.05, 0) is 61.9 Å². The van der Waals surface area contributed by atoms with Gasteiger partial charge in [-0.2, -0.15) is 4.98 Å². The normalized spacial score (nSPS) is 11.4. The Labute approximate surface area is 191 Å². The van der Waals surface area contributed by atoms with Crippen LogP contribution in [0.5, 0.6) is 5.75 Å². The molecule has 0 N–H and O–H groups in total. The van der Waals surface area contributed by atoms with Gasteiger partial charge in [-0.1, -0.05) is 23.4 Å². The largest absolute Gasteiger partial charge is 0.573 e. The third-order valence-electron chi connectivity index (χ3n) is 5.07. The summed E-state index contributed by atoms with van der Waals surface area (Å²) >= 11 is 0. The molecule has 2 heterocycles. The number of benzene rings is 2. The van der Waals surface area contributed by atoms with Crippen LogP contribution in [0.2, 0.25) is 0 Å². The van der Waals surface area contributed by atoms with Crippen molar-refractivity contribution in [3.8, 4) is 28.6 Å². The molecule has 34 heavy (non-hydrogen) atoms. The third kappa shape index (κ3) is 5.06. The van der Waals surface area contributed by atoms with E-state index >= 15 is 0 Å². The molecule has 2 aromatic carbocycles. The fourth-order valence-corrected chi connectivity index (χ4v) is 3.36. The molecule has 2 aromatic heterocycles. The van der Waals surface area contributed by atoms with Crippen molar-refractivity contribution in [3.05, 3.63) is 87.8 Å². The van der Waals surface area contributed by atoms with E-state index in [0.29, 0.717) is 16.8 Å². The molecule has 0 aliphatic heterocycles. The molecule has 0 fully saturated rings. The predicted molar refractivity (Wildman–Crippen MR) is 116 cm³/mol. The molecule has 0 atom stereocenters. The van der Waals surface area contributed by atoms with E-state index in [-0.39, 0.29) is 40.9 Å². The van der Waals surface area contributed by atoms with Gasteiger partial charge in [-0.25, -0.2) is 0 Å². The summed E-state index contributed by atoms with van der Waals surface area (Å²) in [5.74, 6) is -0.373. The zero-order valence-electron chi connectivity index (χ0n) is 18.1. The molecule has 0 aliphatic rings. The lowest BCUT2D eigenvalue weighted by Crippen LogP contribution is -2.24. The van der Waals surface area contributed by atoms with Gasteiger partial charge >= 0.3 is 6.36 Å². The van der Waals surface area contributed by atoms with E-state index in [2.05, 4.69) is 14.9 Å². The number of pyridine rings is 1. The van der Waals surface area contributed by atoms with E-state index in [9.17, 15) is 22.8 Å². The lowest BCUT2D eigenvalue weighted by atomic mass is 10.1. The van der Waals surface area contributed by atoms with E-state index < -0.39 is 6.36 Å². The van der Waals surface area contributed by atoms with Crippen molar-refractivity contribution in [2.24, 2.45) is 0 Å². The first kappa shape index (κ1) is 23.0. The van der Waals surface area contributed by atoms with Crippen LogP contribution >= 0.6 is 0 Å². The average Bonchev–Trinajstić information content (AvgIpc) is 3.26. The molecule has 174 valence electrons. The third-order valence-corrected chi connectivity index (χ3v) is 5.07. The van der Waals surface area contributed by atoms with Crippen LogP contribution in [0.25, 0.3) is 22.8 Å². The first-order valence-electron chi connectivity index (χ1n) is 10.1. The minimum absolute atomic E-state index is 0.0261. The molecule has 0 radical (unpaired) electrons. The molecule has 4 rings (SSSR count). The van der Waals surface area contributed by atoms with Crippen LogP contribution in [0.4, 0.5) is 13.2 Å². The summed E-state index contributed by atoms with van der Waals surface area (Å²) in [6.07, 6.45) is -4.79. The number of carbonyl (C=O) groups is 1. The van der Waals surface area contributed by atoms with Crippen LogP contribution in [-0.2, 0) is 6.54 Å². The smallest absolute Gasteiger partial charge is 0.406 e. The van der Waals surface area contributed by atoms with Crippen molar-refractivity contribution in [2.45, 2.75) is 26.8 Å². The highest BCUT2D eigenvalue weighted by molar-refractivity contribution is 5.94. The molecular weight excluding hydrogens is 451 g/mol. The number of aromatic nitrogens is 3. The van der Waals surface area contributed by atoms with Gasteiger partial charge in [0, 0.05) is 16.8 Å². The highest BCUT2D eigenvalue weighted by atomic mass is 19.4. The molecule has 0 aliphatic carbocycles. The van der Waals surface area contributed by atoms with Crippen molar-refractivity contribution in [2.75, 3.05) is 0 Å². The maximum atomic E-state index is 13.2. The molecule has 0 saturated carbocycles. The number of Topliss-reactive ketones (excluding diaryl/α,β-unsaturated/α-hetero) is 1. The van der Waals surface area contributed by atoms with Crippen molar-refractivity contribution in [1.29, 1.82) is 0 Å². The summed E-state index contributed by atoms with van der Waals surface area (Å²) in [6.45, 7) is 3.49. The molecule has 0 amide bonds. The number of halogens is 3. The fourth-order valence-electron chi connectivity index (χ4n) is 3.36. The number of rotatable bonds is 6. The number of hydrogen-bond donors (Lipinski definition) is 0. The summed E-state index contributed by atoms with van der Waals surface area (Å²) in [7, 11) is 0. The van der Waals surface area contributed by atoms with Gasteiger partial charge in [0.05, 0.1) is 6.54 Å². The second-order valence-electron chi connectivity index (χ2n) is 7.53. The maximum absolute atomic E-state index is 13.2. The van der Waals surface area contributed by atoms with Crippen LogP contribution in [0.1, 0.15) is 28.5 Å². The lowest BCUT2D eigenvalue weighted by Gasteiger charge is -2.11. The van der Waals surface area contributed by atoms with Gasteiger partial charge in [-0.3, -0.25) is 9.59 Å². The first-order chi connectivity index (χ1) is 16.1. The van der Waals surface area contributed by atoms with Crippen molar-refractivity contribution in [1.82, 2.24) is 14.7 Å². The molecular formula is C24H18F3N3O4. The fraction of sp³-hybridized carbons (Fsp3) is 0.167. The highest BCUT2D eigenvalue weighted by Crippen LogP contribution is 2.26. The van der Waals surface area contributed by atoms with Crippen LogP contribution < -0.4 is 10.3 Å². The minimum atomic E-state index is -4.79. The number of carbonyl (C=O) groups excluding carboxylic acids is 1. The number of ketones is 1. The Bertz CT molecular complexity index is 1410. The lowest BCUT2D eigenvalue weighted by molar-refractivity contribution is -0.274. The van der Waals surface area contributed by atoms with Crippen LogP contribution in [0, 0.1) is 6.92 Å². The standard InChI is InChI=1S/C24H18F3N3O4/c1-14-6-11-20(23(32)30(14)13-16-4-3-5-18(12-16)15(2)31)22-28-21(29-34-22)17-7-9-19(10-8-17)33-24(25,26)27/h3-12H,13H2,1-2H3. The van der Waals surface area contributed by atoms with E-state index in [1.54, 1.807) is 37.3 Å². The second kappa shape index (κ2) is 8.97. The van der Waals surface area contributed by atoms with Crippen molar-refractivity contribution in [3.63, 3.8) is 0 Å². The van der Waals surface area contributed by atoms with E-state index in [1.807, 2.05) is 6.07 Å². The quantitative estimate of drug-likeness (QED) is 0.369. The molecule has 0 spiro atoms. The summed E-state index contributed by atoms with van der Waals surface area (Å²) in [5, 5.41) is 3.84. The molecule has 4 aromatic rings. The Balaban J connectivity index is 1.62. The van der Waals surface area contributed by atoms with E-state index in [0.717, 1.165) is 17.7 Å². The van der Waals surface area contributed by atoms with Gasteiger partial charge in [0.2, 0.25) is 5.82 Å². The molecule has 10 heteroatoms. The number of alkyl halides is 3. The molecule has 0 saturated heterocycles. The Morgan fingerprint density at radius 1 is 1.09 bits per heavy atom. The van der Waals surface area contributed by atoms with E-state index in [1.165, 1.54) is 23.6 Å². The molecule has 0 unspecified atom stereocenters. The SMILES string of the molecule is CC(=O)c1cccc(Cn2c(C)ccc(-c3nc(-c4ccc(OC(F)(F)F)cc4)no3)c2=O)c1. The van der Waals surface area contributed by atoms with Crippen molar-refractivity contribution >= 4 is 5.78 Å². The first-order valence-corrected chi connectivity index (χ1v) is 10.1. The topological polar surface area (TPSA) is 87.2 Å².